The maximum atomic E-state index is 12.8. The molecule has 1 saturated carbocycles. The average Bonchev–Trinajstić information content (AvgIpc) is 2.95. The van der Waals surface area contributed by atoms with Gasteiger partial charge in [-0.05, 0) is 55.9 Å². The van der Waals surface area contributed by atoms with Crippen LogP contribution in [-0.2, 0) is 10.0 Å². The Kier molecular flexibility index (Phi) is 3.75. The van der Waals surface area contributed by atoms with Gasteiger partial charge in [0, 0.05) is 12.6 Å². The van der Waals surface area contributed by atoms with Crippen LogP contribution in [0.3, 0.4) is 0 Å². The van der Waals surface area contributed by atoms with E-state index in [0.717, 1.165) is 32.1 Å². The summed E-state index contributed by atoms with van der Waals surface area (Å²) in [5.74, 6) is -0.556. The lowest BCUT2D eigenvalue weighted by Crippen LogP contribution is -2.46. The zero-order valence-corrected chi connectivity index (χ0v) is 12.6. The number of rotatable bonds is 3. The van der Waals surface area contributed by atoms with Gasteiger partial charge in [-0.3, -0.25) is 0 Å². The summed E-state index contributed by atoms with van der Waals surface area (Å²) >= 11 is 0. The molecule has 1 N–H and O–H groups in total. The molecule has 2 unspecified atom stereocenters. The SMILES string of the molecule is O=C(O)c1ccc(S(=O)(=O)N2CCCC3CCCC32)cc1. The van der Waals surface area contributed by atoms with Crippen LogP contribution in [0.1, 0.15) is 42.5 Å². The first-order valence-electron chi connectivity index (χ1n) is 7.35. The van der Waals surface area contributed by atoms with Crippen LogP contribution in [0.4, 0.5) is 0 Å². The Balaban J connectivity index is 1.90. The Labute approximate surface area is 124 Å². The van der Waals surface area contributed by atoms with E-state index in [-0.39, 0.29) is 16.5 Å². The smallest absolute Gasteiger partial charge is 0.335 e. The highest BCUT2D eigenvalue weighted by atomic mass is 32.2. The van der Waals surface area contributed by atoms with Crippen molar-refractivity contribution in [1.29, 1.82) is 0 Å². The predicted molar refractivity (Wildman–Crippen MR) is 77.7 cm³/mol. The van der Waals surface area contributed by atoms with Crippen LogP contribution in [0, 0.1) is 5.92 Å². The molecule has 0 bridgehead atoms. The number of fused-ring (bicyclic) bond motifs is 1. The monoisotopic (exact) mass is 309 g/mol. The number of piperidine rings is 1. The number of nitrogens with zero attached hydrogens (tertiary/aromatic N) is 1. The van der Waals surface area contributed by atoms with Gasteiger partial charge in [-0.25, -0.2) is 13.2 Å². The molecule has 1 aliphatic heterocycles. The van der Waals surface area contributed by atoms with Crippen molar-refractivity contribution < 1.29 is 18.3 Å². The highest BCUT2D eigenvalue weighted by Crippen LogP contribution is 2.39. The minimum atomic E-state index is -3.52. The van der Waals surface area contributed by atoms with Crippen molar-refractivity contribution in [3.05, 3.63) is 29.8 Å². The molecule has 0 radical (unpaired) electrons. The molecule has 5 nitrogen and oxygen atoms in total. The second kappa shape index (κ2) is 5.42. The summed E-state index contributed by atoms with van der Waals surface area (Å²) in [6.07, 6.45) is 5.19. The first kappa shape index (κ1) is 14.5. The van der Waals surface area contributed by atoms with E-state index in [1.54, 1.807) is 4.31 Å². The van der Waals surface area contributed by atoms with Gasteiger partial charge < -0.3 is 5.11 Å². The third kappa shape index (κ3) is 2.58. The minimum Gasteiger partial charge on any atom is -0.478 e. The number of benzene rings is 1. The average molecular weight is 309 g/mol. The van der Waals surface area contributed by atoms with Gasteiger partial charge >= 0.3 is 5.97 Å². The van der Waals surface area contributed by atoms with E-state index < -0.39 is 16.0 Å². The van der Waals surface area contributed by atoms with E-state index in [4.69, 9.17) is 5.11 Å². The van der Waals surface area contributed by atoms with E-state index in [0.29, 0.717) is 12.5 Å². The quantitative estimate of drug-likeness (QED) is 0.930. The number of sulfonamides is 1. The number of carbonyl (C=O) groups is 1. The zero-order valence-electron chi connectivity index (χ0n) is 11.7. The standard InChI is InChI=1S/C15H19NO4S/c17-15(18)12-6-8-13(9-7-12)21(19,20)16-10-2-4-11-3-1-5-14(11)16/h6-9,11,14H,1-5,10H2,(H,17,18). The number of aromatic carboxylic acids is 1. The second-order valence-corrected chi connectivity index (χ2v) is 7.74. The molecule has 1 saturated heterocycles. The molecular weight excluding hydrogens is 290 g/mol. The maximum Gasteiger partial charge on any atom is 0.335 e. The summed E-state index contributed by atoms with van der Waals surface area (Å²) < 4.78 is 27.2. The fourth-order valence-corrected chi connectivity index (χ4v) is 5.37. The van der Waals surface area contributed by atoms with Crippen molar-refractivity contribution in [2.75, 3.05) is 6.54 Å². The van der Waals surface area contributed by atoms with E-state index in [1.165, 1.54) is 24.3 Å². The van der Waals surface area contributed by atoms with Gasteiger partial charge in [0.15, 0.2) is 0 Å². The Bertz CT molecular complexity index is 638. The molecule has 21 heavy (non-hydrogen) atoms. The molecule has 2 atom stereocenters. The Morgan fingerprint density at radius 1 is 1.10 bits per heavy atom. The molecule has 114 valence electrons. The summed E-state index contributed by atoms with van der Waals surface area (Å²) in [6, 6.07) is 5.63. The van der Waals surface area contributed by atoms with E-state index in [9.17, 15) is 13.2 Å². The van der Waals surface area contributed by atoms with Crippen LogP contribution in [0.2, 0.25) is 0 Å². The molecule has 0 aromatic heterocycles. The number of hydrogen-bond donors (Lipinski definition) is 1. The topological polar surface area (TPSA) is 74.7 Å². The summed E-state index contributed by atoms with van der Waals surface area (Å²) in [6.45, 7) is 0.574. The van der Waals surface area contributed by atoms with Crippen molar-refractivity contribution in [2.45, 2.75) is 43.0 Å². The molecular formula is C15H19NO4S. The molecule has 1 aliphatic carbocycles. The van der Waals surface area contributed by atoms with Gasteiger partial charge in [0.1, 0.15) is 0 Å². The lowest BCUT2D eigenvalue weighted by molar-refractivity contribution is 0.0696. The lowest BCUT2D eigenvalue weighted by Gasteiger charge is -2.36. The lowest BCUT2D eigenvalue weighted by atomic mass is 9.94. The van der Waals surface area contributed by atoms with Gasteiger partial charge in [0.2, 0.25) is 10.0 Å². The van der Waals surface area contributed by atoms with Crippen molar-refractivity contribution in [3.63, 3.8) is 0 Å². The first-order chi connectivity index (χ1) is 10.00. The first-order valence-corrected chi connectivity index (χ1v) is 8.79. The second-order valence-electron chi connectivity index (χ2n) is 5.85. The van der Waals surface area contributed by atoms with Crippen molar-refractivity contribution in [3.8, 4) is 0 Å². The predicted octanol–water partition coefficient (Wildman–Crippen LogP) is 2.34. The van der Waals surface area contributed by atoms with Crippen molar-refractivity contribution >= 4 is 16.0 Å². The molecule has 3 rings (SSSR count). The molecule has 6 heteroatoms. The van der Waals surface area contributed by atoms with E-state index in [1.807, 2.05) is 0 Å². The Morgan fingerprint density at radius 2 is 1.76 bits per heavy atom. The summed E-state index contributed by atoms with van der Waals surface area (Å²) in [4.78, 5) is 11.0. The van der Waals surface area contributed by atoms with Crippen LogP contribution in [0.25, 0.3) is 0 Å². The van der Waals surface area contributed by atoms with E-state index >= 15 is 0 Å². The molecule has 0 amide bonds. The fraction of sp³-hybridized carbons (Fsp3) is 0.533. The fourth-order valence-electron chi connectivity index (χ4n) is 3.61. The highest BCUT2D eigenvalue weighted by Gasteiger charge is 2.41. The van der Waals surface area contributed by atoms with Crippen LogP contribution < -0.4 is 0 Å². The van der Waals surface area contributed by atoms with Crippen LogP contribution >= 0.6 is 0 Å². The van der Waals surface area contributed by atoms with Crippen molar-refractivity contribution in [2.24, 2.45) is 5.92 Å². The molecule has 1 aromatic carbocycles. The van der Waals surface area contributed by atoms with Crippen LogP contribution in [0.5, 0.6) is 0 Å². The van der Waals surface area contributed by atoms with Crippen LogP contribution in [0.15, 0.2) is 29.2 Å². The van der Waals surface area contributed by atoms with E-state index in [2.05, 4.69) is 0 Å². The highest BCUT2D eigenvalue weighted by molar-refractivity contribution is 7.89. The Morgan fingerprint density at radius 3 is 2.43 bits per heavy atom. The minimum absolute atomic E-state index is 0.103. The van der Waals surface area contributed by atoms with Gasteiger partial charge in [-0.1, -0.05) is 6.42 Å². The van der Waals surface area contributed by atoms with Crippen molar-refractivity contribution in [1.82, 2.24) is 4.31 Å². The van der Waals surface area contributed by atoms with Gasteiger partial charge in [-0.15, -0.1) is 0 Å². The summed E-state index contributed by atoms with van der Waals surface area (Å²) in [7, 11) is -3.52. The van der Waals surface area contributed by atoms with Crippen LogP contribution in [-0.4, -0.2) is 36.4 Å². The zero-order chi connectivity index (χ0) is 15.0. The Hall–Kier alpha value is -1.40. The van der Waals surface area contributed by atoms with Gasteiger partial charge in [0.25, 0.3) is 0 Å². The molecule has 1 aromatic rings. The molecule has 2 aliphatic rings. The number of carboxylic acids is 1. The number of hydrogen-bond acceptors (Lipinski definition) is 3. The molecule has 1 heterocycles. The maximum absolute atomic E-state index is 12.8. The van der Waals surface area contributed by atoms with Gasteiger partial charge in [-0.2, -0.15) is 4.31 Å². The van der Waals surface area contributed by atoms with Gasteiger partial charge in [0.05, 0.1) is 10.5 Å². The molecule has 0 spiro atoms. The third-order valence-corrected chi connectivity index (χ3v) is 6.59. The normalized spacial score (nSPS) is 26.5. The summed E-state index contributed by atoms with van der Waals surface area (Å²) in [5, 5.41) is 8.89. The summed E-state index contributed by atoms with van der Waals surface area (Å²) in [5.41, 5.74) is 0.103. The number of carboxylic acid groups (broad SMARTS) is 1. The third-order valence-electron chi connectivity index (χ3n) is 4.65. The largest absolute Gasteiger partial charge is 0.478 e. The molecule has 2 fully saturated rings.